The number of benzene rings is 1. The summed E-state index contributed by atoms with van der Waals surface area (Å²) in [5.41, 5.74) is 1.17. The Labute approximate surface area is 123 Å². The summed E-state index contributed by atoms with van der Waals surface area (Å²) in [6, 6.07) is 6.58. The fraction of sp³-hybridized carbons (Fsp3) is 0.500. The van der Waals surface area contributed by atoms with E-state index in [1.54, 1.807) is 24.3 Å². The second-order valence-corrected chi connectivity index (χ2v) is 5.99. The number of carbonyl (C=O) groups excluding carboxylic acids is 1. The molecule has 5 heteroatoms. The van der Waals surface area contributed by atoms with Gasteiger partial charge in [0.15, 0.2) is 0 Å². The number of hydrogen-bond donors (Lipinski definition) is 2. The van der Waals surface area contributed by atoms with Crippen LogP contribution in [0.4, 0.5) is 4.79 Å². The average molecular weight is 288 g/mol. The molecule has 2 aliphatic rings. The number of likely N-dealkylation sites (tertiary alicyclic amines) is 1. The third kappa shape index (κ3) is 3.35. The van der Waals surface area contributed by atoms with Crippen LogP contribution in [0, 0.1) is 11.8 Å². The van der Waals surface area contributed by atoms with Crippen molar-refractivity contribution in [3.05, 3.63) is 35.4 Å². The van der Waals surface area contributed by atoms with Crippen molar-refractivity contribution in [3.63, 3.8) is 0 Å². The van der Waals surface area contributed by atoms with Crippen molar-refractivity contribution in [2.45, 2.75) is 25.8 Å². The number of rotatable bonds is 4. The number of nitrogens with zero attached hydrogens (tertiary/aromatic N) is 1. The first-order valence-electron chi connectivity index (χ1n) is 7.48. The molecular formula is C16H20N2O3. The summed E-state index contributed by atoms with van der Waals surface area (Å²) >= 11 is 0. The summed E-state index contributed by atoms with van der Waals surface area (Å²) in [6.07, 6.45) is 3.79. The predicted molar refractivity (Wildman–Crippen MR) is 78.0 cm³/mol. The number of hydrogen-bond acceptors (Lipinski definition) is 2. The zero-order valence-electron chi connectivity index (χ0n) is 11.9. The Kier molecular flexibility index (Phi) is 3.82. The molecule has 1 aromatic rings. The molecule has 112 valence electrons. The monoisotopic (exact) mass is 288 g/mol. The Morgan fingerprint density at radius 2 is 1.86 bits per heavy atom. The van der Waals surface area contributed by atoms with Gasteiger partial charge in [-0.1, -0.05) is 12.1 Å². The first-order chi connectivity index (χ1) is 10.1. The van der Waals surface area contributed by atoms with Gasteiger partial charge in [0.05, 0.1) is 5.56 Å². The summed E-state index contributed by atoms with van der Waals surface area (Å²) in [6.45, 7) is 2.17. The normalized spacial score (nSPS) is 21.3. The number of aromatic carboxylic acids is 1. The van der Waals surface area contributed by atoms with E-state index in [4.69, 9.17) is 5.11 Å². The van der Waals surface area contributed by atoms with Gasteiger partial charge in [0.2, 0.25) is 0 Å². The molecule has 1 aliphatic carbocycles. The summed E-state index contributed by atoms with van der Waals surface area (Å²) in [4.78, 5) is 24.8. The smallest absolute Gasteiger partial charge is 0.335 e. The average Bonchev–Trinajstić information content (AvgIpc) is 3.22. The van der Waals surface area contributed by atoms with Crippen LogP contribution in [0.25, 0.3) is 0 Å². The van der Waals surface area contributed by atoms with Crippen LogP contribution in [0.5, 0.6) is 0 Å². The Hall–Kier alpha value is -2.04. The molecule has 1 aromatic carbocycles. The molecule has 3 rings (SSSR count). The van der Waals surface area contributed by atoms with Gasteiger partial charge in [0, 0.05) is 19.6 Å². The number of amides is 2. The first kappa shape index (κ1) is 13.9. The van der Waals surface area contributed by atoms with E-state index in [0.29, 0.717) is 12.5 Å². The number of urea groups is 1. The predicted octanol–water partition coefficient (Wildman–Crippen LogP) is 2.33. The zero-order chi connectivity index (χ0) is 14.8. The zero-order valence-corrected chi connectivity index (χ0v) is 11.9. The van der Waals surface area contributed by atoms with Crippen molar-refractivity contribution >= 4 is 12.0 Å². The highest BCUT2D eigenvalue weighted by molar-refractivity contribution is 5.87. The van der Waals surface area contributed by atoms with Crippen LogP contribution in [0.15, 0.2) is 24.3 Å². The third-order valence-corrected chi connectivity index (χ3v) is 4.45. The van der Waals surface area contributed by atoms with Crippen LogP contribution in [0.1, 0.15) is 35.2 Å². The van der Waals surface area contributed by atoms with Gasteiger partial charge >= 0.3 is 12.0 Å². The van der Waals surface area contributed by atoms with E-state index in [9.17, 15) is 9.59 Å². The molecule has 0 radical (unpaired) electrons. The quantitative estimate of drug-likeness (QED) is 0.893. The van der Waals surface area contributed by atoms with E-state index in [2.05, 4.69) is 5.32 Å². The minimum atomic E-state index is -0.936. The second kappa shape index (κ2) is 5.76. The highest BCUT2D eigenvalue weighted by Gasteiger charge is 2.37. The highest BCUT2D eigenvalue weighted by Crippen LogP contribution is 2.41. The fourth-order valence-electron chi connectivity index (χ4n) is 2.98. The van der Waals surface area contributed by atoms with Gasteiger partial charge in [-0.2, -0.15) is 0 Å². The lowest BCUT2D eigenvalue weighted by molar-refractivity contribution is 0.0697. The van der Waals surface area contributed by atoms with Gasteiger partial charge in [0.25, 0.3) is 0 Å². The van der Waals surface area contributed by atoms with Crippen LogP contribution in [0.3, 0.4) is 0 Å². The molecule has 1 heterocycles. The van der Waals surface area contributed by atoms with Crippen molar-refractivity contribution in [1.82, 2.24) is 10.2 Å². The van der Waals surface area contributed by atoms with E-state index in [1.165, 1.54) is 12.8 Å². The molecular weight excluding hydrogens is 268 g/mol. The maximum Gasteiger partial charge on any atom is 0.335 e. The molecule has 21 heavy (non-hydrogen) atoms. The minimum absolute atomic E-state index is 0.0135. The molecule has 1 aliphatic heterocycles. The van der Waals surface area contributed by atoms with Crippen LogP contribution in [-0.4, -0.2) is 35.1 Å². The summed E-state index contributed by atoms with van der Waals surface area (Å²) < 4.78 is 0. The van der Waals surface area contributed by atoms with Crippen LogP contribution in [-0.2, 0) is 6.54 Å². The van der Waals surface area contributed by atoms with Gasteiger partial charge in [-0.05, 0) is 48.8 Å². The van der Waals surface area contributed by atoms with Crippen molar-refractivity contribution in [2.75, 3.05) is 13.1 Å². The highest BCUT2D eigenvalue weighted by atomic mass is 16.4. The molecule has 1 atom stereocenters. The van der Waals surface area contributed by atoms with E-state index in [0.717, 1.165) is 31.0 Å². The van der Waals surface area contributed by atoms with Gasteiger partial charge < -0.3 is 15.3 Å². The Morgan fingerprint density at radius 3 is 2.48 bits per heavy atom. The third-order valence-electron chi connectivity index (χ3n) is 4.45. The molecule has 2 N–H and O–H groups in total. The molecule has 1 saturated heterocycles. The van der Waals surface area contributed by atoms with Gasteiger partial charge in [-0.3, -0.25) is 0 Å². The minimum Gasteiger partial charge on any atom is -0.478 e. The molecule has 1 saturated carbocycles. The van der Waals surface area contributed by atoms with Crippen LogP contribution in [0.2, 0.25) is 0 Å². The maximum absolute atomic E-state index is 12.1. The van der Waals surface area contributed by atoms with Gasteiger partial charge in [0.1, 0.15) is 0 Å². The van der Waals surface area contributed by atoms with E-state index in [1.807, 2.05) is 4.90 Å². The van der Waals surface area contributed by atoms with E-state index >= 15 is 0 Å². The summed E-state index contributed by atoms with van der Waals surface area (Å²) in [7, 11) is 0. The second-order valence-electron chi connectivity index (χ2n) is 5.99. The number of carbonyl (C=O) groups is 2. The molecule has 1 unspecified atom stereocenters. The molecule has 0 bridgehead atoms. The van der Waals surface area contributed by atoms with Crippen LogP contribution < -0.4 is 5.32 Å². The van der Waals surface area contributed by atoms with Crippen molar-refractivity contribution in [2.24, 2.45) is 11.8 Å². The first-order valence-corrected chi connectivity index (χ1v) is 7.48. The maximum atomic E-state index is 12.1. The van der Waals surface area contributed by atoms with Gasteiger partial charge in [-0.25, -0.2) is 9.59 Å². The summed E-state index contributed by atoms with van der Waals surface area (Å²) in [5, 5.41) is 11.7. The SMILES string of the molecule is O=C(O)c1ccc(CNC(=O)N2CCC(C3CC3)C2)cc1. The Bertz CT molecular complexity index is 537. The molecule has 0 aromatic heterocycles. The molecule has 2 amide bonds. The Balaban J connectivity index is 1.48. The van der Waals surface area contributed by atoms with Crippen molar-refractivity contribution < 1.29 is 14.7 Å². The van der Waals surface area contributed by atoms with Gasteiger partial charge in [-0.15, -0.1) is 0 Å². The topological polar surface area (TPSA) is 69.6 Å². The van der Waals surface area contributed by atoms with Crippen molar-refractivity contribution in [1.29, 1.82) is 0 Å². The molecule has 5 nitrogen and oxygen atoms in total. The lowest BCUT2D eigenvalue weighted by Gasteiger charge is -2.17. The molecule has 0 spiro atoms. The number of carboxylic acids is 1. The molecule has 2 fully saturated rings. The fourth-order valence-corrected chi connectivity index (χ4v) is 2.98. The lowest BCUT2D eigenvalue weighted by atomic mass is 10.0. The van der Waals surface area contributed by atoms with Crippen molar-refractivity contribution in [3.8, 4) is 0 Å². The van der Waals surface area contributed by atoms with E-state index < -0.39 is 5.97 Å². The van der Waals surface area contributed by atoms with E-state index in [-0.39, 0.29) is 11.6 Å². The standard InChI is InChI=1S/C16H20N2O3/c19-15(20)13-3-1-11(2-4-13)9-17-16(21)18-8-7-14(10-18)12-5-6-12/h1-4,12,14H,5-10H2,(H,17,21)(H,19,20). The Morgan fingerprint density at radius 1 is 1.14 bits per heavy atom. The number of nitrogens with one attached hydrogen (secondary N) is 1. The summed E-state index contributed by atoms with van der Waals surface area (Å²) in [5.74, 6) is 0.616. The lowest BCUT2D eigenvalue weighted by Crippen LogP contribution is -2.38. The largest absolute Gasteiger partial charge is 0.478 e. The number of carboxylic acid groups (broad SMARTS) is 1. The van der Waals surface area contributed by atoms with Crippen LogP contribution >= 0.6 is 0 Å².